The Labute approximate surface area is 188 Å². The summed E-state index contributed by atoms with van der Waals surface area (Å²) in [7, 11) is 0. The average molecular weight is 434 g/mol. The van der Waals surface area contributed by atoms with Crippen LogP contribution in [0.25, 0.3) is 11.0 Å². The third-order valence-corrected chi connectivity index (χ3v) is 6.20. The maximum absolute atomic E-state index is 13.6. The summed E-state index contributed by atoms with van der Waals surface area (Å²) >= 11 is 0. The van der Waals surface area contributed by atoms with Crippen LogP contribution in [0.4, 0.5) is 0 Å². The highest BCUT2D eigenvalue weighted by molar-refractivity contribution is 5.90. The summed E-state index contributed by atoms with van der Waals surface area (Å²) in [6, 6.07) is 14.8. The number of hydrogen-bond donors (Lipinski definition) is 1. The molecule has 168 valence electrons. The van der Waals surface area contributed by atoms with E-state index in [9.17, 15) is 9.59 Å². The van der Waals surface area contributed by atoms with E-state index in [4.69, 9.17) is 0 Å². The van der Waals surface area contributed by atoms with E-state index in [1.165, 1.54) is 0 Å². The lowest BCUT2D eigenvalue weighted by Crippen LogP contribution is -2.51. The van der Waals surface area contributed by atoms with Crippen LogP contribution in [0.15, 0.2) is 48.5 Å². The molecule has 4 rings (SSSR count). The summed E-state index contributed by atoms with van der Waals surface area (Å²) < 4.78 is 1.62. The van der Waals surface area contributed by atoms with Gasteiger partial charge in [-0.15, -0.1) is 5.10 Å². The standard InChI is InChI=1S/C25H31N5O2/c1-5-25(3,4)26-24(32)23(18-12-10-17(2)11-13-18)30(19-14-15-19)22(31)16-29-21-9-7-6-8-20(21)27-28-29/h6-13,19,23H,5,14-16H2,1-4H3,(H,26,32). The minimum atomic E-state index is -0.684. The van der Waals surface area contributed by atoms with Gasteiger partial charge < -0.3 is 10.2 Å². The summed E-state index contributed by atoms with van der Waals surface area (Å²) in [4.78, 5) is 28.9. The number of nitrogens with zero attached hydrogens (tertiary/aromatic N) is 4. The third kappa shape index (κ3) is 4.66. The minimum Gasteiger partial charge on any atom is -0.349 e. The van der Waals surface area contributed by atoms with Gasteiger partial charge in [0, 0.05) is 11.6 Å². The zero-order valence-corrected chi connectivity index (χ0v) is 19.2. The van der Waals surface area contributed by atoms with Crippen LogP contribution in [0.5, 0.6) is 0 Å². The maximum atomic E-state index is 13.6. The lowest BCUT2D eigenvalue weighted by molar-refractivity contribution is -0.143. The number of rotatable bonds is 8. The summed E-state index contributed by atoms with van der Waals surface area (Å²) in [6.07, 6.45) is 2.59. The summed E-state index contributed by atoms with van der Waals surface area (Å²) in [5, 5.41) is 11.5. The predicted octanol–water partition coefficient (Wildman–Crippen LogP) is 3.78. The fourth-order valence-corrected chi connectivity index (χ4v) is 3.83. The molecule has 0 spiro atoms. The normalized spacial score (nSPS) is 14.9. The number of carbonyl (C=O) groups excluding carboxylic acids is 2. The highest BCUT2D eigenvalue weighted by Crippen LogP contribution is 2.36. The molecule has 1 fully saturated rings. The van der Waals surface area contributed by atoms with Crippen molar-refractivity contribution in [3.8, 4) is 0 Å². The van der Waals surface area contributed by atoms with E-state index < -0.39 is 6.04 Å². The molecule has 1 aliphatic carbocycles. The molecule has 3 aromatic rings. The number of fused-ring (bicyclic) bond motifs is 1. The first-order valence-corrected chi connectivity index (χ1v) is 11.3. The molecule has 7 heteroatoms. The average Bonchev–Trinajstić information content (AvgIpc) is 3.53. The maximum Gasteiger partial charge on any atom is 0.247 e. The molecule has 1 unspecified atom stereocenters. The second kappa shape index (κ2) is 8.73. The van der Waals surface area contributed by atoms with Crippen molar-refractivity contribution in [2.75, 3.05) is 0 Å². The lowest BCUT2D eigenvalue weighted by atomic mass is 9.98. The SMILES string of the molecule is CCC(C)(C)NC(=O)C(c1ccc(C)cc1)N(C(=O)Cn1nnc2ccccc21)C1CC1. The van der Waals surface area contributed by atoms with Gasteiger partial charge in [0.1, 0.15) is 18.1 Å². The Hall–Kier alpha value is -3.22. The molecule has 32 heavy (non-hydrogen) atoms. The Morgan fingerprint density at radius 3 is 2.50 bits per heavy atom. The Morgan fingerprint density at radius 1 is 1.16 bits per heavy atom. The zero-order valence-electron chi connectivity index (χ0n) is 19.2. The van der Waals surface area contributed by atoms with Crippen LogP contribution in [0.2, 0.25) is 0 Å². The van der Waals surface area contributed by atoms with Crippen LogP contribution >= 0.6 is 0 Å². The molecule has 1 aliphatic rings. The first-order chi connectivity index (χ1) is 15.3. The fraction of sp³-hybridized carbons (Fsp3) is 0.440. The van der Waals surface area contributed by atoms with E-state index in [1.54, 1.807) is 9.58 Å². The van der Waals surface area contributed by atoms with E-state index >= 15 is 0 Å². The number of aryl methyl sites for hydroxylation is 1. The van der Waals surface area contributed by atoms with Crippen LogP contribution in [-0.2, 0) is 16.1 Å². The summed E-state index contributed by atoms with van der Waals surface area (Å²) in [5.74, 6) is -0.275. The third-order valence-electron chi connectivity index (χ3n) is 6.20. The van der Waals surface area contributed by atoms with Crippen LogP contribution in [-0.4, -0.2) is 43.3 Å². The quantitative estimate of drug-likeness (QED) is 0.586. The highest BCUT2D eigenvalue weighted by atomic mass is 16.2. The molecule has 2 amide bonds. The molecule has 0 radical (unpaired) electrons. The van der Waals surface area contributed by atoms with Crippen LogP contribution in [0.1, 0.15) is 57.2 Å². The molecule has 1 heterocycles. The first kappa shape index (κ1) is 22.0. The molecule has 1 N–H and O–H groups in total. The molecule has 0 saturated heterocycles. The lowest BCUT2D eigenvalue weighted by Gasteiger charge is -2.34. The molecule has 1 saturated carbocycles. The van der Waals surface area contributed by atoms with Gasteiger partial charge in [0.15, 0.2) is 0 Å². The van der Waals surface area contributed by atoms with Gasteiger partial charge in [0.05, 0.1) is 5.52 Å². The highest BCUT2D eigenvalue weighted by Gasteiger charge is 2.42. The van der Waals surface area contributed by atoms with Gasteiger partial charge in [0.2, 0.25) is 11.8 Å². The van der Waals surface area contributed by atoms with Gasteiger partial charge in [-0.3, -0.25) is 9.59 Å². The largest absolute Gasteiger partial charge is 0.349 e. The molecule has 0 aliphatic heterocycles. The van der Waals surface area contributed by atoms with Gasteiger partial charge in [0.25, 0.3) is 0 Å². The van der Waals surface area contributed by atoms with Gasteiger partial charge in [-0.05, 0) is 57.7 Å². The number of aromatic nitrogens is 3. The predicted molar refractivity (Wildman–Crippen MR) is 124 cm³/mol. The van der Waals surface area contributed by atoms with Crippen molar-refractivity contribution < 1.29 is 9.59 Å². The molecule has 7 nitrogen and oxygen atoms in total. The molecule has 1 aromatic heterocycles. The second-order valence-electron chi connectivity index (χ2n) is 9.31. The van der Waals surface area contributed by atoms with Crippen molar-refractivity contribution in [3.05, 3.63) is 59.7 Å². The van der Waals surface area contributed by atoms with Crippen molar-refractivity contribution in [2.24, 2.45) is 0 Å². The Balaban J connectivity index is 1.68. The Morgan fingerprint density at radius 2 is 1.84 bits per heavy atom. The van der Waals surface area contributed by atoms with E-state index in [0.29, 0.717) is 0 Å². The van der Waals surface area contributed by atoms with Crippen molar-refractivity contribution >= 4 is 22.8 Å². The summed E-state index contributed by atoms with van der Waals surface area (Å²) in [6.45, 7) is 8.10. The van der Waals surface area contributed by atoms with Crippen LogP contribution in [0, 0.1) is 6.92 Å². The van der Waals surface area contributed by atoms with E-state index in [-0.39, 0.29) is 29.9 Å². The Kier molecular flexibility index (Phi) is 6.00. The monoisotopic (exact) mass is 433 g/mol. The minimum absolute atomic E-state index is 0.0455. The molecule has 2 aromatic carbocycles. The number of carbonyl (C=O) groups is 2. The van der Waals surface area contributed by atoms with Crippen LogP contribution < -0.4 is 5.32 Å². The van der Waals surface area contributed by atoms with Gasteiger partial charge in [-0.25, -0.2) is 4.68 Å². The fourth-order valence-electron chi connectivity index (χ4n) is 3.83. The number of nitrogens with one attached hydrogen (secondary N) is 1. The molecule has 0 bridgehead atoms. The number of hydrogen-bond acceptors (Lipinski definition) is 4. The van der Waals surface area contributed by atoms with E-state index in [1.807, 2.05) is 76.2 Å². The topological polar surface area (TPSA) is 80.1 Å². The van der Waals surface area contributed by atoms with Crippen molar-refractivity contribution in [2.45, 2.75) is 71.1 Å². The van der Waals surface area contributed by atoms with Gasteiger partial charge in [-0.1, -0.05) is 54.1 Å². The molecular weight excluding hydrogens is 402 g/mol. The second-order valence-corrected chi connectivity index (χ2v) is 9.31. The first-order valence-electron chi connectivity index (χ1n) is 11.3. The van der Waals surface area contributed by atoms with Gasteiger partial charge >= 0.3 is 0 Å². The molecule has 1 atom stereocenters. The van der Waals surface area contributed by atoms with E-state index in [2.05, 4.69) is 15.6 Å². The number of para-hydroxylation sites is 1. The molecular formula is C25H31N5O2. The van der Waals surface area contributed by atoms with Crippen molar-refractivity contribution in [1.29, 1.82) is 0 Å². The zero-order chi connectivity index (χ0) is 22.9. The Bertz CT molecular complexity index is 1110. The van der Waals surface area contributed by atoms with Crippen LogP contribution in [0.3, 0.4) is 0 Å². The number of benzene rings is 2. The van der Waals surface area contributed by atoms with Crippen molar-refractivity contribution in [1.82, 2.24) is 25.2 Å². The van der Waals surface area contributed by atoms with Crippen molar-refractivity contribution in [3.63, 3.8) is 0 Å². The van der Waals surface area contributed by atoms with E-state index in [0.717, 1.165) is 41.4 Å². The summed E-state index contributed by atoms with van der Waals surface area (Å²) in [5.41, 5.74) is 3.13. The smallest absolute Gasteiger partial charge is 0.247 e. The number of amides is 2. The van der Waals surface area contributed by atoms with Gasteiger partial charge in [-0.2, -0.15) is 0 Å².